The van der Waals surface area contributed by atoms with Crippen LogP contribution in [0.1, 0.15) is 27.7 Å². The monoisotopic (exact) mass is 197 g/mol. The van der Waals surface area contributed by atoms with Crippen LogP contribution in [0, 0.1) is 5.92 Å². The number of nitrogens with zero attached hydrogens (tertiary/aromatic N) is 1. The minimum Gasteiger partial charge on any atom is -0.293 e. The van der Waals surface area contributed by atoms with Gasteiger partial charge in [-0.1, -0.05) is 13.8 Å². The lowest BCUT2D eigenvalue weighted by atomic mass is 9.89. The predicted molar refractivity (Wildman–Crippen MR) is 47.6 cm³/mol. The fourth-order valence-electron chi connectivity index (χ4n) is 0.913. The Kier molecular flexibility index (Phi) is 3.79. The Labute approximate surface area is 77.9 Å². The minimum atomic E-state index is -4.11. The van der Waals surface area contributed by atoms with Crippen LogP contribution in [-0.2, 0) is 0 Å². The summed E-state index contributed by atoms with van der Waals surface area (Å²) in [5.74, 6) is 0.194. The largest absolute Gasteiger partial charge is 0.401 e. The third-order valence-electron chi connectivity index (χ3n) is 2.81. The molecule has 0 unspecified atom stereocenters. The van der Waals surface area contributed by atoms with E-state index in [9.17, 15) is 13.2 Å². The number of hydrogen-bond acceptors (Lipinski definition) is 1. The molecule has 0 radical (unpaired) electrons. The van der Waals surface area contributed by atoms with E-state index in [2.05, 4.69) is 0 Å². The van der Waals surface area contributed by atoms with E-state index in [0.717, 1.165) is 0 Å². The van der Waals surface area contributed by atoms with Gasteiger partial charge < -0.3 is 0 Å². The summed E-state index contributed by atoms with van der Waals surface area (Å²) in [6.07, 6.45) is -4.11. The molecule has 0 aliphatic heterocycles. The summed E-state index contributed by atoms with van der Waals surface area (Å²) >= 11 is 0. The molecule has 1 nitrogen and oxygen atoms in total. The van der Waals surface area contributed by atoms with Crippen LogP contribution in [-0.4, -0.2) is 30.2 Å². The Balaban J connectivity index is 4.34. The van der Waals surface area contributed by atoms with Crippen molar-refractivity contribution in [1.29, 1.82) is 0 Å². The maximum Gasteiger partial charge on any atom is 0.401 e. The van der Waals surface area contributed by atoms with Gasteiger partial charge in [0.1, 0.15) is 0 Å². The van der Waals surface area contributed by atoms with Crippen LogP contribution in [0.5, 0.6) is 0 Å². The topological polar surface area (TPSA) is 3.24 Å². The van der Waals surface area contributed by atoms with E-state index in [1.54, 1.807) is 0 Å². The van der Waals surface area contributed by atoms with E-state index in [4.69, 9.17) is 0 Å². The Bertz CT molecular complexity index is 161. The molecule has 4 heteroatoms. The zero-order chi connectivity index (χ0) is 10.9. The highest BCUT2D eigenvalue weighted by atomic mass is 19.4. The lowest BCUT2D eigenvalue weighted by Gasteiger charge is -2.39. The van der Waals surface area contributed by atoms with Crippen molar-refractivity contribution in [3.05, 3.63) is 0 Å². The molecule has 0 fully saturated rings. The molecule has 80 valence electrons. The first-order valence-electron chi connectivity index (χ1n) is 4.35. The van der Waals surface area contributed by atoms with Gasteiger partial charge in [-0.05, 0) is 26.8 Å². The van der Waals surface area contributed by atoms with Crippen molar-refractivity contribution in [2.75, 3.05) is 13.6 Å². The van der Waals surface area contributed by atoms with Gasteiger partial charge in [0.2, 0.25) is 0 Å². The molecule has 0 saturated carbocycles. The van der Waals surface area contributed by atoms with Crippen LogP contribution in [0.25, 0.3) is 0 Å². The fourth-order valence-corrected chi connectivity index (χ4v) is 0.913. The summed E-state index contributed by atoms with van der Waals surface area (Å²) < 4.78 is 36.2. The zero-order valence-corrected chi connectivity index (χ0v) is 8.87. The molecule has 13 heavy (non-hydrogen) atoms. The third kappa shape index (κ3) is 3.98. The maximum absolute atomic E-state index is 12.1. The van der Waals surface area contributed by atoms with Gasteiger partial charge in [-0.25, -0.2) is 0 Å². The highest BCUT2D eigenvalue weighted by Crippen LogP contribution is 2.26. The van der Waals surface area contributed by atoms with E-state index < -0.39 is 18.3 Å². The molecule has 0 bridgehead atoms. The van der Waals surface area contributed by atoms with Gasteiger partial charge in [-0.3, -0.25) is 4.90 Å². The second kappa shape index (κ2) is 3.86. The molecule has 0 rings (SSSR count). The van der Waals surface area contributed by atoms with Crippen molar-refractivity contribution in [3.8, 4) is 0 Å². The SMILES string of the molecule is CC(C)C(C)(C)N(C)CC(F)(F)F. The molecule has 0 atom stereocenters. The van der Waals surface area contributed by atoms with E-state index in [1.807, 2.05) is 27.7 Å². The van der Waals surface area contributed by atoms with Gasteiger partial charge in [-0.2, -0.15) is 13.2 Å². The normalized spacial score (nSPS) is 14.3. The molecule has 0 aliphatic rings. The predicted octanol–water partition coefficient (Wildman–Crippen LogP) is 2.92. The van der Waals surface area contributed by atoms with E-state index >= 15 is 0 Å². The lowest BCUT2D eigenvalue weighted by Crippen LogP contribution is -2.49. The smallest absolute Gasteiger partial charge is 0.293 e. The second-order valence-corrected chi connectivity index (χ2v) is 4.28. The molecule has 0 N–H and O–H groups in total. The maximum atomic E-state index is 12.1. The van der Waals surface area contributed by atoms with Crippen LogP contribution in [0.3, 0.4) is 0 Å². The molecule has 0 amide bonds. The van der Waals surface area contributed by atoms with Gasteiger partial charge >= 0.3 is 6.18 Å². The Morgan fingerprint density at radius 3 is 1.77 bits per heavy atom. The van der Waals surface area contributed by atoms with Crippen molar-refractivity contribution in [1.82, 2.24) is 4.90 Å². The molecular weight excluding hydrogens is 179 g/mol. The zero-order valence-electron chi connectivity index (χ0n) is 8.87. The van der Waals surface area contributed by atoms with Crippen molar-refractivity contribution in [3.63, 3.8) is 0 Å². The van der Waals surface area contributed by atoms with E-state index in [0.29, 0.717) is 0 Å². The Morgan fingerprint density at radius 2 is 1.54 bits per heavy atom. The van der Waals surface area contributed by atoms with Gasteiger partial charge in [0.25, 0.3) is 0 Å². The summed E-state index contributed by atoms with van der Waals surface area (Å²) in [5.41, 5.74) is -0.421. The number of halogens is 3. The highest BCUT2D eigenvalue weighted by Gasteiger charge is 2.36. The van der Waals surface area contributed by atoms with Crippen LogP contribution in [0.4, 0.5) is 13.2 Å². The minimum absolute atomic E-state index is 0.194. The Hall–Kier alpha value is -0.250. The number of alkyl halides is 3. The molecule has 0 aliphatic carbocycles. The van der Waals surface area contributed by atoms with Crippen LogP contribution < -0.4 is 0 Å². The average Bonchev–Trinajstić information content (AvgIpc) is 1.82. The van der Waals surface area contributed by atoms with Crippen LogP contribution >= 0.6 is 0 Å². The van der Waals surface area contributed by atoms with Crippen molar-refractivity contribution < 1.29 is 13.2 Å². The quantitative estimate of drug-likeness (QED) is 0.672. The van der Waals surface area contributed by atoms with E-state index in [-0.39, 0.29) is 5.92 Å². The summed E-state index contributed by atoms with van der Waals surface area (Å²) in [5, 5.41) is 0. The highest BCUT2D eigenvalue weighted by molar-refractivity contribution is 4.83. The summed E-state index contributed by atoms with van der Waals surface area (Å²) in [6, 6.07) is 0. The number of rotatable bonds is 3. The fraction of sp³-hybridized carbons (Fsp3) is 1.00. The van der Waals surface area contributed by atoms with Crippen LogP contribution in [0.2, 0.25) is 0 Å². The standard InChI is InChI=1S/C9H18F3N/c1-7(2)8(3,4)13(5)6-9(10,11)12/h7H,6H2,1-5H3. The summed E-state index contributed by atoms with van der Waals surface area (Å²) in [6.45, 7) is 6.64. The first-order valence-corrected chi connectivity index (χ1v) is 4.35. The van der Waals surface area contributed by atoms with Crippen LogP contribution in [0.15, 0.2) is 0 Å². The second-order valence-electron chi connectivity index (χ2n) is 4.28. The molecule has 0 saturated heterocycles. The molecule has 0 aromatic heterocycles. The third-order valence-corrected chi connectivity index (χ3v) is 2.81. The van der Waals surface area contributed by atoms with Gasteiger partial charge in [-0.15, -0.1) is 0 Å². The molecule has 0 heterocycles. The molecular formula is C9H18F3N. The van der Waals surface area contributed by atoms with E-state index in [1.165, 1.54) is 11.9 Å². The first kappa shape index (κ1) is 12.8. The van der Waals surface area contributed by atoms with Crippen molar-refractivity contribution >= 4 is 0 Å². The van der Waals surface area contributed by atoms with Gasteiger partial charge in [0, 0.05) is 5.54 Å². The summed E-state index contributed by atoms with van der Waals surface area (Å²) in [7, 11) is 1.51. The van der Waals surface area contributed by atoms with Crippen molar-refractivity contribution in [2.24, 2.45) is 5.92 Å². The number of hydrogen-bond donors (Lipinski definition) is 0. The lowest BCUT2D eigenvalue weighted by molar-refractivity contribution is -0.156. The summed E-state index contributed by atoms with van der Waals surface area (Å²) in [4.78, 5) is 1.34. The van der Waals surface area contributed by atoms with Gasteiger partial charge in [0.05, 0.1) is 6.54 Å². The molecule has 0 aromatic rings. The first-order chi connectivity index (χ1) is 5.57. The Morgan fingerprint density at radius 1 is 1.15 bits per heavy atom. The molecule has 0 aromatic carbocycles. The van der Waals surface area contributed by atoms with Gasteiger partial charge in [0.15, 0.2) is 0 Å². The average molecular weight is 197 g/mol. The van der Waals surface area contributed by atoms with Crippen molar-refractivity contribution in [2.45, 2.75) is 39.4 Å². The molecule has 0 spiro atoms.